The average Bonchev–Trinajstić information content (AvgIpc) is 3.35. The highest BCUT2D eigenvalue weighted by molar-refractivity contribution is 7.92. The molecule has 1 atom stereocenters. The summed E-state index contributed by atoms with van der Waals surface area (Å²) in [6.45, 7) is -0.749. The molecule has 35 heavy (non-hydrogen) atoms. The molecule has 15 nitrogen and oxygen atoms in total. The first kappa shape index (κ1) is 26.3. The second-order valence-electron chi connectivity index (χ2n) is 7.14. The number of amides is 1. The van der Waals surface area contributed by atoms with Gasteiger partial charge >= 0.3 is 0 Å². The SMILES string of the molecule is NCCNS(=O)(=O)c1ccc(-c2cccc(NC(=O)C(N)CO)c2)c(-c2nn[nH]n2)c1S(N)(=O)=O. The highest BCUT2D eigenvalue weighted by atomic mass is 32.2. The van der Waals surface area contributed by atoms with Gasteiger partial charge in [0, 0.05) is 18.8 Å². The molecule has 188 valence electrons. The van der Waals surface area contributed by atoms with Crippen molar-refractivity contribution in [3.8, 4) is 22.5 Å². The molecule has 3 aromatic rings. The molecular formula is C18H23N9O6S2. The maximum absolute atomic E-state index is 12.9. The Hall–Kier alpha value is -3.32. The predicted octanol–water partition coefficient (Wildman–Crippen LogP) is -2.32. The van der Waals surface area contributed by atoms with Gasteiger partial charge in [0.15, 0.2) is 0 Å². The Morgan fingerprint density at radius 3 is 2.51 bits per heavy atom. The van der Waals surface area contributed by atoms with Gasteiger partial charge in [-0.25, -0.2) is 26.7 Å². The van der Waals surface area contributed by atoms with Gasteiger partial charge < -0.3 is 21.9 Å². The minimum atomic E-state index is -4.66. The molecule has 3 rings (SSSR count). The van der Waals surface area contributed by atoms with E-state index in [1.807, 2.05) is 0 Å². The number of nitrogens with one attached hydrogen (secondary N) is 3. The third kappa shape index (κ3) is 5.85. The van der Waals surface area contributed by atoms with Crippen molar-refractivity contribution in [3.63, 3.8) is 0 Å². The molecule has 2 aromatic carbocycles. The lowest BCUT2D eigenvalue weighted by atomic mass is 9.98. The lowest BCUT2D eigenvalue weighted by Gasteiger charge is -2.17. The zero-order valence-electron chi connectivity index (χ0n) is 18.0. The highest BCUT2D eigenvalue weighted by Crippen LogP contribution is 2.39. The van der Waals surface area contributed by atoms with Gasteiger partial charge in [0.05, 0.1) is 12.2 Å². The molecule has 0 saturated heterocycles. The van der Waals surface area contributed by atoms with Gasteiger partial charge in [-0.15, -0.1) is 10.2 Å². The Morgan fingerprint density at radius 1 is 1.17 bits per heavy atom. The predicted molar refractivity (Wildman–Crippen MR) is 124 cm³/mol. The van der Waals surface area contributed by atoms with Crippen LogP contribution in [0, 0.1) is 0 Å². The first-order chi connectivity index (χ1) is 16.5. The molecule has 1 aromatic heterocycles. The normalized spacial score (nSPS) is 12.9. The van der Waals surface area contributed by atoms with E-state index in [2.05, 4.69) is 30.7 Å². The smallest absolute Gasteiger partial charge is 0.243 e. The van der Waals surface area contributed by atoms with E-state index in [1.165, 1.54) is 18.2 Å². The van der Waals surface area contributed by atoms with Crippen LogP contribution in [0.25, 0.3) is 22.5 Å². The standard InChI is InChI=1S/C18H23N9O6S2/c19-6-7-22-35(32,33)14-5-4-12(15(16(14)34(21,30)31)17-24-26-27-25-17)10-2-1-3-11(8-10)23-18(29)13(20)9-28/h1-5,8,13,22,28H,6-7,9,19-20H2,(H,23,29)(H2,21,30,31)(H,24,25,26,27). The quantitative estimate of drug-likeness (QED) is 0.148. The maximum Gasteiger partial charge on any atom is 0.243 e. The van der Waals surface area contributed by atoms with Crippen LogP contribution in [0.2, 0.25) is 0 Å². The molecule has 1 unspecified atom stereocenters. The number of carbonyl (C=O) groups excluding carboxylic acids is 1. The van der Waals surface area contributed by atoms with E-state index in [4.69, 9.17) is 21.7 Å². The number of aromatic nitrogens is 4. The number of nitrogens with two attached hydrogens (primary N) is 3. The Balaban J connectivity index is 2.28. The van der Waals surface area contributed by atoms with E-state index in [9.17, 15) is 21.6 Å². The lowest BCUT2D eigenvalue weighted by molar-refractivity contribution is -0.118. The van der Waals surface area contributed by atoms with Crippen LogP contribution in [0.1, 0.15) is 0 Å². The van der Waals surface area contributed by atoms with E-state index in [-0.39, 0.29) is 35.7 Å². The van der Waals surface area contributed by atoms with Gasteiger partial charge in [0.25, 0.3) is 0 Å². The van der Waals surface area contributed by atoms with Crippen LogP contribution in [-0.2, 0) is 24.8 Å². The maximum atomic E-state index is 12.9. The number of aliphatic hydroxyl groups excluding tert-OH is 1. The molecule has 1 heterocycles. The van der Waals surface area contributed by atoms with Gasteiger partial charge in [0.2, 0.25) is 31.8 Å². The zero-order chi connectivity index (χ0) is 25.8. The minimum Gasteiger partial charge on any atom is -0.394 e. The van der Waals surface area contributed by atoms with Gasteiger partial charge in [-0.1, -0.05) is 18.2 Å². The Labute approximate surface area is 200 Å². The number of carbonyl (C=O) groups is 1. The van der Waals surface area contributed by atoms with Gasteiger partial charge in [-0.05, 0) is 34.5 Å². The third-order valence-electron chi connectivity index (χ3n) is 4.68. The Morgan fingerprint density at radius 2 is 1.91 bits per heavy atom. The number of rotatable bonds is 10. The van der Waals surface area contributed by atoms with Crippen molar-refractivity contribution in [3.05, 3.63) is 36.4 Å². The molecule has 0 aliphatic carbocycles. The summed E-state index contributed by atoms with van der Waals surface area (Å²) in [6, 6.07) is 7.41. The Kier molecular flexibility index (Phi) is 7.90. The molecule has 0 aliphatic rings. The molecule has 0 fully saturated rings. The van der Waals surface area contributed by atoms with Gasteiger partial charge in [-0.3, -0.25) is 4.79 Å². The number of benzene rings is 2. The second kappa shape index (κ2) is 10.5. The van der Waals surface area contributed by atoms with Crippen LogP contribution in [0.15, 0.2) is 46.2 Å². The van der Waals surface area contributed by atoms with Crippen LogP contribution in [0.5, 0.6) is 0 Å². The molecule has 0 aliphatic heterocycles. The summed E-state index contributed by atoms with van der Waals surface area (Å²) in [5.41, 5.74) is 11.5. The fourth-order valence-electron chi connectivity index (χ4n) is 3.14. The number of primary sulfonamides is 1. The third-order valence-corrected chi connectivity index (χ3v) is 7.30. The van der Waals surface area contributed by atoms with Crippen LogP contribution < -0.4 is 26.6 Å². The number of aliphatic hydroxyl groups is 1. The molecule has 0 radical (unpaired) electrons. The van der Waals surface area contributed by atoms with Crippen molar-refractivity contribution in [1.82, 2.24) is 25.3 Å². The molecule has 0 spiro atoms. The number of nitrogens with zero attached hydrogens (tertiary/aromatic N) is 3. The zero-order valence-corrected chi connectivity index (χ0v) is 19.7. The van der Waals surface area contributed by atoms with E-state index in [0.29, 0.717) is 5.56 Å². The number of hydrogen-bond acceptors (Lipinski definition) is 11. The van der Waals surface area contributed by atoms with Crippen LogP contribution in [-0.4, -0.2) is 74.2 Å². The molecular weight excluding hydrogens is 502 g/mol. The number of hydrogen-bond donors (Lipinski definition) is 7. The van der Waals surface area contributed by atoms with E-state index in [0.717, 1.165) is 6.07 Å². The first-order valence-electron chi connectivity index (χ1n) is 9.90. The summed E-state index contributed by atoms with van der Waals surface area (Å²) in [5.74, 6) is -0.891. The van der Waals surface area contributed by atoms with E-state index in [1.54, 1.807) is 12.1 Å². The van der Waals surface area contributed by atoms with E-state index < -0.39 is 48.4 Å². The lowest BCUT2D eigenvalue weighted by Crippen LogP contribution is -2.38. The van der Waals surface area contributed by atoms with Crippen molar-refractivity contribution < 1.29 is 26.7 Å². The highest BCUT2D eigenvalue weighted by Gasteiger charge is 2.32. The van der Waals surface area contributed by atoms with Crippen LogP contribution in [0.3, 0.4) is 0 Å². The van der Waals surface area contributed by atoms with E-state index >= 15 is 0 Å². The molecule has 17 heteroatoms. The van der Waals surface area contributed by atoms with Gasteiger partial charge in [0.1, 0.15) is 15.8 Å². The van der Waals surface area contributed by atoms with Crippen LogP contribution >= 0.6 is 0 Å². The van der Waals surface area contributed by atoms with Crippen molar-refractivity contribution in [2.45, 2.75) is 15.8 Å². The fourth-order valence-corrected chi connectivity index (χ4v) is 5.79. The first-order valence-corrected chi connectivity index (χ1v) is 12.9. The number of anilines is 1. The number of aromatic amines is 1. The Bertz CT molecular complexity index is 1430. The largest absolute Gasteiger partial charge is 0.394 e. The van der Waals surface area contributed by atoms with Crippen LogP contribution in [0.4, 0.5) is 5.69 Å². The summed E-state index contributed by atoms with van der Waals surface area (Å²) in [4.78, 5) is 10.7. The summed E-state index contributed by atoms with van der Waals surface area (Å²) >= 11 is 0. The summed E-state index contributed by atoms with van der Waals surface area (Å²) in [6.07, 6.45) is 0. The number of H-pyrrole nitrogens is 1. The summed E-state index contributed by atoms with van der Waals surface area (Å²) < 4.78 is 53.3. The van der Waals surface area contributed by atoms with Crippen molar-refractivity contribution in [2.24, 2.45) is 16.6 Å². The summed E-state index contributed by atoms with van der Waals surface area (Å²) in [5, 5.41) is 30.3. The van der Waals surface area contributed by atoms with Crippen molar-refractivity contribution in [2.75, 3.05) is 25.0 Å². The average molecular weight is 526 g/mol. The number of tetrazole rings is 1. The molecule has 10 N–H and O–H groups in total. The number of sulfonamides is 2. The van der Waals surface area contributed by atoms with Crippen molar-refractivity contribution >= 4 is 31.6 Å². The minimum absolute atomic E-state index is 0.0296. The molecule has 0 bridgehead atoms. The molecule has 1 amide bonds. The van der Waals surface area contributed by atoms with Gasteiger partial charge in [-0.2, -0.15) is 5.21 Å². The second-order valence-corrected chi connectivity index (χ2v) is 10.4. The topological polar surface area (TPSA) is 262 Å². The summed E-state index contributed by atoms with van der Waals surface area (Å²) in [7, 11) is -9.01. The monoisotopic (exact) mass is 525 g/mol. The molecule has 0 saturated carbocycles. The van der Waals surface area contributed by atoms with Crippen molar-refractivity contribution in [1.29, 1.82) is 0 Å². The fraction of sp³-hybridized carbons (Fsp3) is 0.222.